The number of amides is 1. The molecule has 0 aliphatic carbocycles. The number of pyridine rings is 2. The first kappa shape index (κ1) is 24.5. The number of hydrogen-bond donors (Lipinski definition) is 1. The number of halogens is 2. The molecule has 10 heteroatoms. The number of nitrogens with zero attached hydrogens (tertiary/aromatic N) is 4. The second-order valence-corrected chi connectivity index (χ2v) is 9.40. The molecular weight excluding hydrogens is 501 g/mol. The molecule has 5 rings (SSSR count). The lowest BCUT2D eigenvalue weighted by Crippen LogP contribution is -2.19. The van der Waals surface area contributed by atoms with Gasteiger partial charge in [-0.15, -0.1) is 0 Å². The molecule has 0 bridgehead atoms. The summed E-state index contributed by atoms with van der Waals surface area (Å²) in [6.07, 6.45) is 7.22. The number of aromatic nitrogens is 4. The van der Waals surface area contributed by atoms with Gasteiger partial charge in [0.1, 0.15) is 23.2 Å². The van der Waals surface area contributed by atoms with E-state index >= 15 is 0 Å². The fourth-order valence-corrected chi connectivity index (χ4v) is 5.08. The maximum atomic E-state index is 11.9. The molecule has 3 aromatic heterocycles. The van der Waals surface area contributed by atoms with Gasteiger partial charge in [0.15, 0.2) is 6.23 Å². The minimum absolute atomic E-state index is 0.145. The Morgan fingerprint density at radius 1 is 1.17 bits per heavy atom. The molecule has 1 N–H and O–H groups in total. The maximum absolute atomic E-state index is 11.9. The van der Waals surface area contributed by atoms with Crippen LogP contribution in [0.3, 0.4) is 0 Å². The van der Waals surface area contributed by atoms with Crippen molar-refractivity contribution in [3.8, 4) is 17.0 Å². The zero-order chi connectivity index (χ0) is 25.2. The average molecular weight is 526 g/mol. The highest BCUT2D eigenvalue weighted by molar-refractivity contribution is 6.35. The molecule has 0 saturated carbocycles. The molecule has 8 nitrogen and oxygen atoms in total. The van der Waals surface area contributed by atoms with Crippen LogP contribution in [-0.2, 0) is 4.74 Å². The average Bonchev–Trinajstić information content (AvgIpc) is 3.27. The quantitative estimate of drug-likeness (QED) is 0.332. The Bertz CT molecular complexity index is 1380. The molecule has 0 radical (unpaired) electrons. The normalized spacial score (nSPS) is 16.6. The van der Waals surface area contributed by atoms with Gasteiger partial charge in [0, 0.05) is 48.8 Å². The number of carbonyl (C=O) groups is 1. The van der Waals surface area contributed by atoms with E-state index in [2.05, 4.69) is 15.3 Å². The molecule has 1 unspecified atom stereocenters. The molecule has 1 fully saturated rings. The Labute approximate surface area is 218 Å². The Kier molecular flexibility index (Phi) is 7.09. The first-order valence-electron chi connectivity index (χ1n) is 11.7. The lowest BCUT2D eigenvalue weighted by Gasteiger charge is -2.23. The van der Waals surface area contributed by atoms with Crippen molar-refractivity contribution in [3.05, 3.63) is 70.2 Å². The zero-order valence-electron chi connectivity index (χ0n) is 19.9. The molecule has 4 aromatic rings. The number of benzene rings is 1. The Morgan fingerprint density at radius 2 is 1.97 bits per heavy atom. The minimum atomic E-state index is -0.404. The molecule has 1 saturated heterocycles. The second-order valence-electron chi connectivity index (χ2n) is 8.58. The summed E-state index contributed by atoms with van der Waals surface area (Å²) >= 11 is 12.7. The Hall–Kier alpha value is -3.20. The highest BCUT2D eigenvalue weighted by Gasteiger charge is 2.23. The summed E-state index contributed by atoms with van der Waals surface area (Å²) in [6.45, 7) is 2.59. The molecule has 1 aliphatic rings. The standard InChI is InChI=1S/C26H25Cl2N5O3/c1-15(24-19(27)13-30-14-20(24)28)36-17-7-9-22-18(11-17)25(32-33(22)23-5-3-4-10-35-23)16-6-8-21(31-12-16)26(34)29-2/h6-9,11-15,23H,3-5,10H2,1-2H3,(H,29,34)/t15-,23?/m1/s1. The van der Waals surface area contributed by atoms with E-state index < -0.39 is 6.10 Å². The van der Waals surface area contributed by atoms with Crippen molar-refractivity contribution in [2.24, 2.45) is 0 Å². The summed E-state index contributed by atoms with van der Waals surface area (Å²) in [5.41, 5.74) is 3.45. The van der Waals surface area contributed by atoms with Crippen LogP contribution >= 0.6 is 23.2 Å². The number of nitrogens with one attached hydrogen (secondary N) is 1. The van der Waals surface area contributed by atoms with Gasteiger partial charge < -0.3 is 14.8 Å². The van der Waals surface area contributed by atoms with Crippen LogP contribution < -0.4 is 10.1 Å². The van der Waals surface area contributed by atoms with Gasteiger partial charge in [0.25, 0.3) is 5.91 Å². The van der Waals surface area contributed by atoms with Gasteiger partial charge in [-0.05, 0) is 56.5 Å². The summed E-state index contributed by atoms with van der Waals surface area (Å²) in [4.78, 5) is 20.3. The van der Waals surface area contributed by atoms with E-state index in [1.54, 1.807) is 31.7 Å². The summed E-state index contributed by atoms with van der Waals surface area (Å²) < 4.78 is 14.2. The van der Waals surface area contributed by atoms with Gasteiger partial charge in [0.2, 0.25) is 0 Å². The fourth-order valence-electron chi connectivity index (χ4n) is 4.41. The molecule has 36 heavy (non-hydrogen) atoms. The van der Waals surface area contributed by atoms with E-state index in [1.807, 2.05) is 35.9 Å². The molecule has 2 atom stereocenters. The van der Waals surface area contributed by atoms with Crippen LogP contribution in [-0.4, -0.2) is 39.3 Å². The third-order valence-electron chi connectivity index (χ3n) is 6.21. The number of fused-ring (bicyclic) bond motifs is 1. The number of ether oxygens (including phenoxy) is 2. The summed E-state index contributed by atoms with van der Waals surface area (Å²) in [7, 11) is 1.58. The molecular formula is C26H25Cl2N5O3. The van der Waals surface area contributed by atoms with Crippen molar-refractivity contribution < 1.29 is 14.3 Å². The Morgan fingerprint density at radius 3 is 2.64 bits per heavy atom. The van der Waals surface area contributed by atoms with Crippen molar-refractivity contribution in [1.29, 1.82) is 0 Å². The van der Waals surface area contributed by atoms with Crippen molar-refractivity contribution in [1.82, 2.24) is 25.1 Å². The topological polar surface area (TPSA) is 91.2 Å². The van der Waals surface area contributed by atoms with Crippen LogP contribution in [0.15, 0.2) is 48.9 Å². The first-order chi connectivity index (χ1) is 17.5. The summed E-state index contributed by atoms with van der Waals surface area (Å²) in [5.74, 6) is 0.393. The van der Waals surface area contributed by atoms with E-state index in [0.717, 1.165) is 41.4 Å². The highest BCUT2D eigenvalue weighted by atomic mass is 35.5. The van der Waals surface area contributed by atoms with Gasteiger partial charge in [0.05, 0.1) is 15.6 Å². The predicted octanol–water partition coefficient (Wildman–Crippen LogP) is 6.00. The number of carbonyl (C=O) groups excluding carboxylic acids is 1. The van der Waals surface area contributed by atoms with Gasteiger partial charge in [-0.25, -0.2) is 4.68 Å². The van der Waals surface area contributed by atoms with Gasteiger partial charge >= 0.3 is 0 Å². The second kappa shape index (κ2) is 10.4. The van der Waals surface area contributed by atoms with Crippen molar-refractivity contribution in [2.45, 2.75) is 38.5 Å². The summed E-state index contributed by atoms with van der Waals surface area (Å²) in [5, 5.41) is 9.29. The van der Waals surface area contributed by atoms with Gasteiger partial charge in [-0.2, -0.15) is 5.10 Å². The van der Waals surface area contributed by atoms with Crippen molar-refractivity contribution in [2.75, 3.05) is 13.7 Å². The lowest BCUT2D eigenvalue weighted by molar-refractivity contribution is -0.0365. The Balaban J connectivity index is 1.56. The van der Waals surface area contributed by atoms with Crippen LogP contribution in [0.4, 0.5) is 0 Å². The molecule has 0 spiro atoms. The predicted molar refractivity (Wildman–Crippen MR) is 138 cm³/mol. The van der Waals surface area contributed by atoms with Crippen LogP contribution in [0.25, 0.3) is 22.2 Å². The first-order valence-corrected chi connectivity index (χ1v) is 12.5. The highest BCUT2D eigenvalue weighted by Crippen LogP contribution is 2.37. The van der Waals surface area contributed by atoms with E-state index in [-0.39, 0.29) is 12.1 Å². The number of hydrogen-bond acceptors (Lipinski definition) is 6. The smallest absolute Gasteiger partial charge is 0.269 e. The van der Waals surface area contributed by atoms with Crippen LogP contribution in [0.1, 0.15) is 54.6 Å². The molecule has 186 valence electrons. The lowest BCUT2D eigenvalue weighted by atomic mass is 10.1. The van der Waals surface area contributed by atoms with Gasteiger partial charge in [-0.3, -0.25) is 14.8 Å². The minimum Gasteiger partial charge on any atom is -0.486 e. The van der Waals surface area contributed by atoms with Crippen molar-refractivity contribution >= 4 is 40.0 Å². The molecule has 1 amide bonds. The largest absolute Gasteiger partial charge is 0.486 e. The zero-order valence-corrected chi connectivity index (χ0v) is 21.4. The van der Waals surface area contributed by atoms with Crippen LogP contribution in [0.5, 0.6) is 5.75 Å². The molecule has 1 aromatic carbocycles. The monoisotopic (exact) mass is 525 g/mol. The van der Waals surface area contributed by atoms with E-state index in [9.17, 15) is 4.79 Å². The summed E-state index contributed by atoms with van der Waals surface area (Å²) in [6, 6.07) is 9.36. The van der Waals surface area contributed by atoms with Crippen molar-refractivity contribution in [3.63, 3.8) is 0 Å². The van der Waals surface area contributed by atoms with Crippen LogP contribution in [0, 0.1) is 0 Å². The van der Waals surface area contributed by atoms with E-state index in [0.29, 0.717) is 33.7 Å². The fraction of sp³-hybridized carbons (Fsp3) is 0.308. The van der Waals surface area contributed by atoms with Gasteiger partial charge in [-0.1, -0.05) is 23.2 Å². The molecule has 1 aliphatic heterocycles. The SMILES string of the molecule is CNC(=O)c1ccc(-c2nn(C3CCCCO3)c3ccc(O[C@H](C)c4c(Cl)cncc4Cl)cc23)cn1. The van der Waals surface area contributed by atoms with Crippen LogP contribution in [0.2, 0.25) is 10.0 Å². The third kappa shape index (κ3) is 4.76. The third-order valence-corrected chi connectivity index (χ3v) is 6.81. The van der Waals surface area contributed by atoms with E-state index in [1.165, 1.54) is 0 Å². The maximum Gasteiger partial charge on any atom is 0.269 e. The number of rotatable bonds is 6. The van der Waals surface area contributed by atoms with E-state index in [4.69, 9.17) is 37.8 Å². The molecule has 4 heterocycles.